The maximum Gasteiger partial charge on any atom is 0.415 e. The number of carbonyl (C=O) groups is 1. The molecule has 1 aromatic heterocycles. The van der Waals surface area contributed by atoms with E-state index in [1.165, 1.54) is 0 Å². The highest BCUT2D eigenvalue weighted by Gasteiger charge is 2.32. The third-order valence-corrected chi connectivity index (χ3v) is 4.05. The summed E-state index contributed by atoms with van der Waals surface area (Å²) in [5, 5.41) is 2.93. The first kappa shape index (κ1) is 12.2. The van der Waals surface area contributed by atoms with Gasteiger partial charge in [-0.1, -0.05) is 18.2 Å². The molecule has 1 aliphatic heterocycles. The van der Waals surface area contributed by atoms with Crippen LogP contribution in [0.3, 0.4) is 0 Å². The molecule has 19 heavy (non-hydrogen) atoms. The second kappa shape index (κ2) is 5.40. The van der Waals surface area contributed by atoms with Crippen molar-refractivity contribution in [1.29, 1.82) is 0 Å². The Labute approximate surface area is 115 Å². The topological polar surface area (TPSA) is 42.4 Å². The Morgan fingerprint density at radius 2 is 2.21 bits per heavy atom. The molecule has 0 N–H and O–H groups in total. The van der Waals surface area contributed by atoms with Crippen LogP contribution in [0.5, 0.6) is 5.75 Å². The standard InChI is InChI=1S/C14H14N2O2S/c17-14(18-11-5-2-1-3-6-11)16-9-4-7-12(16)13-15-8-10-19-13/h1-3,5-6,8,10,12H,4,7,9H2. The van der Waals surface area contributed by atoms with Crippen LogP contribution in [0.4, 0.5) is 4.79 Å². The molecule has 2 heterocycles. The zero-order valence-corrected chi connectivity index (χ0v) is 11.2. The van der Waals surface area contributed by atoms with Crippen LogP contribution in [0.15, 0.2) is 41.9 Å². The van der Waals surface area contributed by atoms with E-state index in [1.54, 1.807) is 34.6 Å². The maximum atomic E-state index is 12.2. The molecule has 4 nitrogen and oxygen atoms in total. The zero-order valence-electron chi connectivity index (χ0n) is 10.4. The second-order valence-electron chi connectivity index (χ2n) is 4.40. The number of hydrogen-bond donors (Lipinski definition) is 0. The van der Waals surface area contributed by atoms with Crippen molar-refractivity contribution in [3.63, 3.8) is 0 Å². The number of likely N-dealkylation sites (tertiary alicyclic amines) is 1. The summed E-state index contributed by atoms with van der Waals surface area (Å²) < 4.78 is 5.39. The summed E-state index contributed by atoms with van der Waals surface area (Å²) in [5.41, 5.74) is 0. The number of carbonyl (C=O) groups excluding carboxylic acids is 1. The maximum absolute atomic E-state index is 12.2. The Bertz CT molecular complexity index is 542. The number of rotatable bonds is 2. The molecule has 98 valence electrons. The summed E-state index contributed by atoms with van der Waals surface area (Å²) in [7, 11) is 0. The smallest absolute Gasteiger partial charge is 0.410 e. The van der Waals surface area contributed by atoms with Gasteiger partial charge >= 0.3 is 6.09 Å². The van der Waals surface area contributed by atoms with Gasteiger partial charge in [0.05, 0.1) is 6.04 Å². The molecule has 0 spiro atoms. The zero-order chi connectivity index (χ0) is 13.1. The molecule has 3 rings (SSSR count). The molecule has 0 radical (unpaired) electrons. The lowest BCUT2D eigenvalue weighted by Gasteiger charge is -2.22. The Kier molecular flexibility index (Phi) is 3.46. The van der Waals surface area contributed by atoms with E-state index in [0.29, 0.717) is 5.75 Å². The van der Waals surface area contributed by atoms with E-state index < -0.39 is 0 Å². The van der Waals surface area contributed by atoms with Gasteiger partial charge in [0.15, 0.2) is 0 Å². The van der Waals surface area contributed by atoms with Crippen molar-refractivity contribution >= 4 is 17.4 Å². The molecule has 0 aliphatic carbocycles. The summed E-state index contributed by atoms with van der Waals surface area (Å²) in [6, 6.07) is 9.23. The van der Waals surface area contributed by atoms with Crippen molar-refractivity contribution in [1.82, 2.24) is 9.88 Å². The Morgan fingerprint density at radius 1 is 1.37 bits per heavy atom. The summed E-state index contributed by atoms with van der Waals surface area (Å²) in [6.07, 6.45) is 3.44. The molecule has 0 bridgehead atoms. The first-order valence-corrected chi connectivity index (χ1v) is 7.15. The average molecular weight is 274 g/mol. The van der Waals surface area contributed by atoms with E-state index in [-0.39, 0.29) is 12.1 Å². The van der Waals surface area contributed by atoms with E-state index >= 15 is 0 Å². The highest BCUT2D eigenvalue weighted by atomic mass is 32.1. The van der Waals surface area contributed by atoms with Gasteiger partial charge in [-0.2, -0.15) is 0 Å². The van der Waals surface area contributed by atoms with Crippen molar-refractivity contribution < 1.29 is 9.53 Å². The Balaban J connectivity index is 1.72. The number of thiazole rings is 1. The summed E-state index contributed by atoms with van der Waals surface area (Å²) in [5.74, 6) is 0.581. The number of aromatic nitrogens is 1. The highest BCUT2D eigenvalue weighted by molar-refractivity contribution is 7.09. The minimum Gasteiger partial charge on any atom is -0.410 e. The van der Waals surface area contributed by atoms with Crippen LogP contribution in [0.1, 0.15) is 23.9 Å². The average Bonchev–Trinajstić information content (AvgIpc) is 3.10. The fourth-order valence-electron chi connectivity index (χ4n) is 2.29. The summed E-state index contributed by atoms with van der Waals surface area (Å²) >= 11 is 1.59. The van der Waals surface area contributed by atoms with Crippen molar-refractivity contribution in [2.45, 2.75) is 18.9 Å². The SMILES string of the molecule is O=C(Oc1ccccc1)N1CCCC1c1nccs1. The van der Waals surface area contributed by atoms with Crippen molar-refractivity contribution in [2.75, 3.05) is 6.54 Å². The number of hydrogen-bond acceptors (Lipinski definition) is 4. The molecule has 1 atom stereocenters. The van der Waals surface area contributed by atoms with Crippen LogP contribution >= 0.6 is 11.3 Å². The van der Waals surface area contributed by atoms with Crippen LogP contribution in [0, 0.1) is 0 Å². The molecule has 1 unspecified atom stereocenters. The van der Waals surface area contributed by atoms with Gasteiger partial charge in [-0.15, -0.1) is 11.3 Å². The van der Waals surface area contributed by atoms with Crippen LogP contribution in [0.25, 0.3) is 0 Å². The molecule has 1 aliphatic rings. The summed E-state index contributed by atoms with van der Waals surface area (Å²) in [6.45, 7) is 0.732. The van der Waals surface area contributed by atoms with Crippen LogP contribution in [0.2, 0.25) is 0 Å². The molecule has 0 saturated carbocycles. The first-order valence-electron chi connectivity index (χ1n) is 6.27. The monoisotopic (exact) mass is 274 g/mol. The van der Waals surface area contributed by atoms with Gasteiger partial charge in [-0.3, -0.25) is 4.90 Å². The predicted molar refractivity (Wildman–Crippen MR) is 73.3 cm³/mol. The third kappa shape index (κ3) is 2.61. The van der Waals surface area contributed by atoms with E-state index in [9.17, 15) is 4.79 Å². The van der Waals surface area contributed by atoms with Gasteiger partial charge in [0.2, 0.25) is 0 Å². The number of benzene rings is 1. The number of nitrogens with zero attached hydrogens (tertiary/aromatic N) is 2. The first-order chi connectivity index (χ1) is 9.34. The van der Waals surface area contributed by atoms with Crippen LogP contribution in [-0.4, -0.2) is 22.5 Å². The lowest BCUT2D eigenvalue weighted by atomic mass is 10.2. The fourth-order valence-corrected chi connectivity index (χ4v) is 3.07. The minimum atomic E-state index is -0.288. The van der Waals surface area contributed by atoms with Gasteiger partial charge in [-0.05, 0) is 25.0 Å². The molecule has 1 fully saturated rings. The molecule has 2 aromatic rings. The highest BCUT2D eigenvalue weighted by Crippen LogP contribution is 2.33. The third-order valence-electron chi connectivity index (χ3n) is 3.17. The largest absolute Gasteiger partial charge is 0.415 e. The molecule has 1 amide bonds. The van der Waals surface area contributed by atoms with Crippen molar-refractivity contribution in [2.24, 2.45) is 0 Å². The Morgan fingerprint density at radius 3 is 2.95 bits per heavy atom. The van der Waals surface area contributed by atoms with Crippen molar-refractivity contribution in [3.05, 3.63) is 46.9 Å². The lowest BCUT2D eigenvalue weighted by Crippen LogP contribution is -2.33. The Hall–Kier alpha value is -1.88. The van der Waals surface area contributed by atoms with E-state index in [4.69, 9.17) is 4.74 Å². The molecule has 5 heteroatoms. The van der Waals surface area contributed by atoms with Gasteiger partial charge in [-0.25, -0.2) is 9.78 Å². The molecule has 1 saturated heterocycles. The van der Waals surface area contributed by atoms with E-state index in [1.807, 2.05) is 23.6 Å². The minimum absolute atomic E-state index is 0.0659. The molecular weight excluding hydrogens is 260 g/mol. The lowest BCUT2D eigenvalue weighted by molar-refractivity contribution is 0.147. The number of ether oxygens (including phenoxy) is 1. The van der Waals surface area contributed by atoms with Gasteiger partial charge in [0.25, 0.3) is 0 Å². The quantitative estimate of drug-likeness (QED) is 0.842. The number of para-hydroxylation sites is 1. The van der Waals surface area contributed by atoms with E-state index in [0.717, 1.165) is 24.4 Å². The van der Waals surface area contributed by atoms with Gasteiger partial charge in [0, 0.05) is 18.1 Å². The van der Waals surface area contributed by atoms with Gasteiger partial charge in [0.1, 0.15) is 10.8 Å². The summed E-state index contributed by atoms with van der Waals surface area (Å²) in [4.78, 5) is 18.3. The van der Waals surface area contributed by atoms with E-state index in [2.05, 4.69) is 4.98 Å². The second-order valence-corrected chi connectivity index (χ2v) is 5.33. The predicted octanol–water partition coefficient (Wildman–Crippen LogP) is 3.48. The molecule has 1 aromatic carbocycles. The van der Waals surface area contributed by atoms with Gasteiger partial charge < -0.3 is 4.74 Å². The van der Waals surface area contributed by atoms with Crippen LogP contribution in [-0.2, 0) is 0 Å². The van der Waals surface area contributed by atoms with Crippen LogP contribution < -0.4 is 4.74 Å². The normalized spacial score (nSPS) is 18.5. The molecular formula is C14H14N2O2S. The number of amides is 1. The van der Waals surface area contributed by atoms with Crippen molar-refractivity contribution in [3.8, 4) is 5.75 Å². The fraction of sp³-hybridized carbons (Fsp3) is 0.286.